The van der Waals surface area contributed by atoms with Crippen LogP contribution in [0.25, 0.3) is 10.9 Å². The molecule has 0 unspecified atom stereocenters. The Labute approximate surface area is 110 Å². The fourth-order valence-electron chi connectivity index (χ4n) is 1.87. The Balaban J connectivity index is 2.26. The zero-order valence-corrected chi connectivity index (χ0v) is 10.2. The molecule has 0 aliphatic heterocycles. The molecule has 3 aromatic rings. The van der Waals surface area contributed by atoms with Crippen LogP contribution in [0.3, 0.4) is 0 Å². The highest BCUT2D eigenvalue weighted by molar-refractivity contribution is 6.00. The molecule has 0 aromatic carbocycles. The smallest absolute Gasteiger partial charge is 0.357 e. The summed E-state index contributed by atoms with van der Waals surface area (Å²) in [5.41, 5.74) is -0.306. The highest BCUT2D eigenvalue weighted by Gasteiger charge is 2.21. The lowest BCUT2D eigenvalue weighted by molar-refractivity contribution is 0.0690. The lowest BCUT2D eigenvalue weighted by Crippen LogP contribution is -2.26. The Kier molecular flexibility index (Phi) is 2.60. The summed E-state index contributed by atoms with van der Waals surface area (Å²) in [7, 11) is 0. The van der Waals surface area contributed by atoms with Crippen molar-refractivity contribution >= 4 is 16.9 Å². The summed E-state index contributed by atoms with van der Waals surface area (Å²) < 4.78 is 10.5. The predicted molar refractivity (Wildman–Crippen MR) is 63.4 cm³/mol. The second-order valence-corrected chi connectivity index (χ2v) is 4.11. The lowest BCUT2D eigenvalue weighted by Gasteiger charge is -2.04. The number of carboxylic acid groups (broad SMARTS) is 1. The zero-order valence-electron chi connectivity index (χ0n) is 10.2. The fraction of sp³-hybridized carbons (Fsp3) is 0.182. The average Bonchev–Trinajstić information content (AvgIpc) is 3.03. The van der Waals surface area contributed by atoms with Crippen LogP contribution in [0.5, 0.6) is 0 Å². The largest absolute Gasteiger partial charge is 0.476 e. The monoisotopic (exact) mass is 276 g/mol. The Morgan fingerprint density at radius 3 is 2.95 bits per heavy atom. The number of rotatable bonds is 3. The van der Waals surface area contributed by atoms with E-state index in [1.165, 1.54) is 19.4 Å². The quantitative estimate of drug-likeness (QED) is 0.730. The topological polar surface area (TPSA) is 124 Å². The third-order valence-electron chi connectivity index (χ3n) is 2.78. The summed E-state index contributed by atoms with van der Waals surface area (Å²) in [6.07, 6.45) is 2.75. The molecule has 0 amide bonds. The molecule has 9 heteroatoms. The van der Waals surface area contributed by atoms with E-state index in [0.29, 0.717) is 5.56 Å². The van der Waals surface area contributed by atoms with Gasteiger partial charge in [0.05, 0.1) is 18.1 Å². The molecule has 0 spiro atoms. The summed E-state index contributed by atoms with van der Waals surface area (Å²) in [5.74, 6) is -1.03. The first kappa shape index (κ1) is 12.1. The van der Waals surface area contributed by atoms with Gasteiger partial charge in [0.2, 0.25) is 0 Å². The van der Waals surface area contributed by atoms with Crippen LogP contribution in [-0.2, 0) is 6.54 Å². The number of carbonyl (C=O) groups is 1. The summed E-state index contributed by atoms with van der Waals surface area (Å²) in [6, 6.07) is 0. The SMILES string of the molecule is Cc1onc2c(=O)n(Cc3cnoc3)nc(C(=O)O)c12. The van der Waals surface area contributed by atoms with E-state index in [-0.39, 0.29) is 28.9 Å². The van der Waals surface area contributed by atoms with E-state index in [9.17, 15) is 14.7 Å². The van der Waals surface area contributed by atoms with Crippen LogP contribution in [0.4, 0.5) is 0 Å². The van der Waals surface area contributed by atoms with Gasteiger partial charge >= 0.3 is 5.97 Å². The van der Waals surface area contributed by atoms with Gasteiger partial charge in [0.15, 0.2) is 11.2 Å². The second-order valence-electron chi connectivity index (χ2n) is 4.11. The number of carboxylic acids is 1. The molecule has 0 fully saturated rings. The van der Waals surface area contributed by atoms with Crippen LogP contribution >= 0.6 is 0 Å². The maximum absolute atomic E-state index is 12.2. The van der Waals surface area contributed by atoms with E-state index in [1.807, 2.05) is 0 Å². The van der Waals surface area contributed by atoms with Crippen molar-refractivity contribution in [3.05, 3.63) is 39.8 Å². The molecule has 0 radical (unpaired) electrons. The molecule has 3 heterocycles. The van der Waals surface area contributed by atoms with Crippen molar-refractivity contribution in [2.75, 3.05) is 0 Å². The van der Waals surface area contributed by atoms with E-state index >= 15 is 0 Å². The molecule has 9 nitrogen and oxygen atoms in total. The van der Waals surface area contributed by atoms with Gasteiger partial charge in [0.25, 0.3) is 5.56 Å². The van der Waals surface area contributed by atoms with Crippen molar-refractivity contribution < 1.29 is 18.9 Å². The third kappa shape index (κ3) is 1.76. The number of hydrogen-bond acceptors (Lipinski definition) is 7. The standard InChI is InChI=1S/C11H8N4O5/c1-5-7-8(14-20-5)10(16)15(13-9(7)11(17)18)3-6-2-12-19-4-6/h2,4H,3H2,1H3,(H,17,18). The maximum Gasteiger partial charge on any atom is 0.357 e. The summed E-state index contributed by atoms with van der Waals surface area (Å²) in [6.45, 7) is 1.55. The molecule has 102 valence electrons. The van der Waals surface area contributed by atoms with E-state index in [1.54, 1.807) is 0 Å². The molecule has 3 aromatic heterocycles. The van der Waals surface area contributed by atoms with Gasteiger partial charge in [-0.1, -0.05) is 10.3 Å². The maximum atomic E-state index is 12.2. The van der Waals surface area contributed by atoms with Gasteiger partial charge in [-0.3, -0.25) is 4.79 Å². The predicted octanol–water partition coefficient (Wildman–Crippen LogP) is 0.427. The highest BCUT2D eigenvalue weighted by Crippen LogP contribution is 2.17. The van der Waals surface area contributed by atoms with Crippen LogP contribution in [0.15, 0.2) is 26.3 Å². The van der Waals surface area contributed by atoms with Gasteiger partial charge in [-0.15, -0.1) is 0 Å². The lowest BCUT2D eigenvalue weighted by atomic mass is 10.2. The third-order valence-corrected chi connectivity index (χ3v) is 2.78. The summed E-state index contributed by atoms with van der Waals surface area (Å²) >= 11 is 0. The Bertz CT molecular complexity index is 846. The molecular formula is C11H8N4O5. The molecule has 20 heavy (non-hydrogen) atoms. The zero-order chi connectivity index (χ0) is 14.3. The Hall–Kier alpha value is -2.97. The Morgan fingerprint density at radius 2 is 2.30 bits per heavy atom. The van der Waals surface area contributed by atoms with Crippen molar-refractivity contribution in [3.8, 4) is 0 Å². The van der Waals surface area contributed by atoms with Crippen LogP contribution in [0, 0.1) is 6.92 Å². The highest BCUT2D eigenvalue weighted by atomic mass is 16.5. The van der Waals surface area contributed by atoms with Gasteiger partial charge in [-0.2, -0.15) is 5.10 Å². The first-order valence-corrected chi connectivity index (χ1v) is 5.56. The van der Waals surface area contributed by atoms with Gasteiger partial charge in [-0.05, 0) is 6.92 Å². The van der Waals surface area contributed by atoms with Crippen LogP contribution in [0.2, 0.25) is 0 Å². The molecule has 0 bridgehead atoms. The minimum absolute atomic E-state index is 0.0322. The molecular weight excluding hydrogens is 268 g/mol. The molecule has 1 N–H and O–H groups in total. The number of hydrogen-bond donors (Lipinski definition) is 1. The van der Waals surface area contributed by atoms with Crippen LogP contribution in [-0.4, -0.2) is 31.2 Å². The van der Waals surface area contributed by atoms with E-state index in [0.717, 1.165) is 4.68 Å². The van der Waals surface area contributed by atoms with Gasteiger partial charge in [0.1, 0.15) is 12.0 Å². The molecule has 0 saturated carbocycles. The van der Waals surface area contributed by atoms with Gasteiger partial charge in [-0.25, -0.2) is 9.48 Å². The minimum Gasteiger partial charge on any atom is -0.476 e. The number of nitrogens with zero attached hydrogens (tertiary/aromatic N) is 4. The molecule has 0 saturated heterocycles. The number of aromatic carboxylic acids is 1. The second kappa shape index (κ2) is 4.30. The summed E-state index contributed by atoms with van der Waals surface area (Å²) in [4.78, 5) is 23.4. The van der Waals surface area contributed by atoms with Crippen molar-refractivity contribution in [3.63, 3.8) is 0 Å². The molecule has 0 atom stereocenters. The first-order valence-electron chi connectivity index (χ1n) is 5.56. The number of fused-ring (bicyclic) bond motifs is 1. The van der Waals surface area contributed by atoms with Crippen molar-refractivity contribution in [2.24, 2.45) is 0 Å². The van der Waals surface area contributed by atoms with E-state index in [4.69, 9.17) is 4.52 Å². The van der Waals surface area contributed by atoms with Crippen LogP contribution in [0.1, 0.15) is 21.8 Å². The molecule has 0 aliphatic rings. The summed E-state index contributed by atoms with van der Waals surface area (Å²) in [5, 5.41) is 20.3. The van der Waals surface area contributed by atoms with E-state index < -0.39 is 11.5 Å². The van der Waals surface area contributed by atoms with Gasteiger partial charge < -0.3 is 14.2 Å². The van der Waals surface area contributed by atoms with Crippen molar-refractivity contribution in [1.29, 1.82) is 0 Å². The molecule has 0 aliphatic carbocycles. The number of aryl methyl sites for hydroxylation is 1. The first-order chi connectivity index (χ1) is 9.58. The normalized spacial score (nSPS) is 11.1. The fourth-order valence-corrected chi connectivity index (χ4v) is 1.87. The average molecular weight is 276 g/mol. The van der Waals surface area contributed by atoms with Crippen molar-refractivity contribution in [1.82, 2.24) is 20.1 Å². The molecule has 3 rings (SSSR count). The van der Waals surface area contributed by atoms with Crippen LogP contribution < -0.4 is 5.56 Å². The van der Waals surface area contributed by atoms with Crippen molar-refractivity contribution in [2.45, 2.75) is 13.5 Å². The van der Waals surface area contributed by atoms with E-state index in [2.05, 4.69) is 19.9 Å². The van der Waals surface area contributed by atoms with Gasteiger partial charge in [0, 0.05) is 5.56 Å². The number of aromatic nitrogens is 4. The minimum atomic E-state index is -1.26. The Morgan fingerprint density at radius 1 is 1.50 bits per heavy atom.